The van der Waals surface area contributed by atoms with Gasteiger partial charge in [0.25, 0.3) is 36.3 Å². The molecule has 26 heteroatoms. The van der Waals surface area contributed by atoms with Crippen LogP contribution in [0, 0.1) is 11.3 Å². The third-order valence-electron chi connectivity index (χ3n) is 12.9. The Morgan fingerprint density at radius 2 is 1.13 bits per heavy atom. The van der Waals surface area contributed by atoms with E-state index in [1.807, 2.05) is 0 Å². The lowest BCUT2D eigenvalue weighted by molar-refractivity contribution is -0.140. The molecule has 3 aromatic rings. The molecule has 2 aliphatic heterocycles. The maximum atomic E-state index is 13.7. The molecule has 3 aliphatic rings. The number of rotatable bonds is 17. The number of fused-ring (bicyclic) bond motifs is 2. The summed E-state index contributed by atoms with van der Waals surface area (Å²) in [7, 11) is -15.1. The van der Waals surface area contributed by atoms with Crippen LogP contribution in [0.1, 0.15) is 95.9 Å². The van der Waals surface area contributed by atoms with Crippen molar-refractivity contribution in [1.29, 1.82) is 5.41 Å². The van der Waals surface area contributed by atoms with Crippen LogP contribution in [0.25, 0.3) is 33.4 Å². The van der Waals surface area contributed by atoms with Gasteiger partial charge >= 0.3 is 11.9 Å². The van der Waals surface area contributed by atoms with E-state index in [-0.39, 0.29) is 69.4 Å². The molecule has 6 rings (SSSR count). The Balaban J connectivity index is 0.000000624. The number of amides is 1. The van der Waals surface area contributed by atoms with Crippen molar-refractivity contribution in [2.24, 2.45) is 5.92 Å². The number of hydrogen-bond donors (Lipinski definition) is 6. The Morgan fingerprint density at radius 1 is 0.675 bits per heavy atom. The fourth-order valence-electron chi connectivity index (χ4n) is 8.35. The SMILES string of the molecule is CCN(CC)CC.CCN(CC)CC.CCN(CC)CC.N=c1ccc2c(-c3ccc(C(=O)N4CCC(C(=O)Oc5c(Cl)cc(S(=O)(=O)O)cc5Cl)CC4)cc3C(=O)O)c3ccc(N)c(S(=O)(=O)O)c3oc-2c1S(=O)(=O)O. The van der Waals surface area contributed by atoms with Crippen LogP contribution >= 0.6 is 23.2 Å². The summed E-state index contributed by atoms with van der Waals surface area (Å²) < 4.78 is 113. The first-order valence-electron chi connectivity index (χ1n) is 24.9. The lowest BCUT2D eigenvalue weighted by Crippen LogP contribution is -2.41. The number of anilines is 1. The second-order valence-electron chi connectivity index (χ2n) is 17.2. The summed E-state index contributed by atoms with van der Waals surface area (Å²) in [5.41, 5.74) is 3.32. The van der Waals surface area contributed by atoms with Gasteiger partial charge in [0.05, 0.1) is 37.5 Å². The number of carbonyl (C=O) groups excluding carboxylic acids is 2. The summed E-state index contributed by atoms with van der Waals surface area (Å²) in [6.07, 6.45) is 0.150. The Bertz CT molecular complexity index is 3180. The molecule has 1 aliphatic carbocycles. The zero-order valence-electron chi connectivity index (χ0n) is 44.6. The number of esters is 1. The quantitative estimate of drug-likeness (QED) is 0.0167. The van der Waals surface area contributed by atoms with Crippen LogP contribution in [0.3, 0.4) is 0 Å². The number of likely N-dealkylation sites (tertiary alicyclic amines) is 1. The first-order chi connectivity index (χ1) is 36.0. The zero-order valence-corrected chi connectivity index (χ0v) is 48.6. The van der Waals surface area contributed by atoms with Gasteiger partial charge in [-0.25, -0.2) is 4.79 Å². The molecule has 0 spiro atoms. The number of nitrogens with zero attached hydrogens (tertiary/aromatic N) is 4. The number of piperidine rings is 1. The van der Waals surface area contributed by atoms with Crippen LogP contribution in [0.2, 0.25) is 10.0 Å². The average Bonchev–Trinajstić information content (AvgIpc) is 3.37. The number of carboxylic acids is 1. The van der Waals surface area contributed by atoms with E-state index in [1.165, 1.54) is 88.1 Å². The fourth-order valence-corrected chi connectivity index (χ4v) is 11.1. The van der Waals surface area contributed by atoms with E-state index in [0.717, 1.165) is 30.3 Å². The summed E-state index contributed by atoms with van der Waals surface area (Å²) in [4.78, 5) is 45.2. The molecule has 1 amide bonds. The molecule has 0 atom stereocenters. The lowest BCUT2D eigenvalue weighted by Gasteiger charge is -2.31. The largest absolute Gasteiger partial charge is 0.478 e. The van der Waals surface area contributed by atoms with Crippen molar-refractivity contribution in [3.63, 3.8) is 0 Å². The Kier molecular flexibility index (Phi) is 25.0. The van der Waals surface area contributed by atoms with E-state index in [9.17, 15) is 58.4 Å². The summed E-state index contributed by atoms with van der Waals surface area (Å²) in [6.45, 7) is 30.4. The smallest absolute Gasteiger partial charge is 0.336 e. The highest BCUT2D eigenvalue weighted by molar-refractivity contribution is 7.86. The van der Waals surface area contributed by atoms with E-state index in [1.54, 1.807) is 0 Å². The molecule has 1 saturated heterocycles. The number of nitrogens with two attached hydrogens (primary N) is 1. The third-order valence-corrected chi connectivity index (χ3v) is 16.1. The molecule has 2 heterocycles. The molecule has 3 aromatic carbocycles. The Labute approximate surface area is 461 Å². The molecule has 21 nitrogen and oxygen atoms in total. The van der Waals surface area contributed by atoms with Gasteiger partial charge in [-0.2, -0.15) is 25.3 Å². The summed E-state index contributed by atoms with van der Waals surface area (Å²) in [5.74, 6) is -4.91. The van der Waals surface area contributed by atoms with Crippen LogP contribution < -0.4 is 15.8 Å². The van der Waals surface area contributed by atoms with Gasteiger partial charge in [-0.05, 0) is 126 Å². The van der Waals surface area contributed by atoms with Gasteiger partial charge in [0, 0.05) is 35.2 Å². The van der Waals surface area contributed by atoms with E-state index in [2.05, 4.69) is 77.0 Å². The summed E-state index contributed by atoms with van der Waals surface area (Å²) in [6, 6.07) is 9.58. The molecular weight excluding hydrogens is 1100 g/mol. The molecule has 0 unspecified atom stereocenters. The minimum Gasteiger partial charge on any atom is -0.478 e. The van der Waals surface area contributed by atoms with Gasteiger partial charge in [-0.1, -0.05) is 91.6 Å². The van der Waals surface area contributed by atoms with Gasteiger partial charge < -0.3 is 39.6 Å². The van der Waals surface area contributed by atoms with Gasteiger partial charge in [0.2, 0.25) is 0 Å². The van der Waals surface area contributed by atoms with Gasteiger partial charge in [-0.15, -0.1) is 0 Å². The number of halogens is 2. The molecule has 1 fully saturated rings. The highest BCUT2D eigenvalue weighted by Crippen LogP contribution is 2.46. The van der Waals surface area contributed by atoms with Crippen molar-refractivity contribution >= 4 is 88.1 Å². The van der Waals surface area contributed by atoms with Crippen molar-refractivity contribution in [1.82, 2.24) is 19.6 Å². The molecule has 0 saturated carbocycles. The summed E-state index contributed by atoms with van der Waals surface area (Å²) in [5, 5.41) is 16.8. The molecule has 0 radical (unpaired) electrons. The van der Waals surface area contributed by atoms with Crippen LogP contribution in [0.5, 0.6) is 5.75 Å². The molecule has 7 N–H and O–H groups in total. The predicted molar refractivity (Wildman–Crippen MR) is 296 cm³/mol. The minimum absolute atomic E-state index is 0.00488. The molecule has 0 bridgehead atoms. The molecular formula is C51H70Cl2N6O15S3. The van der Waals surface area contributed by atoms with Crippen LogP contribution in [0.4, 0.5) is 5.69 Å². The van der Waals surface area contributed by atoms with E-state index in [0.29, 0.717) is 0 Å². The summed E-state index contributed by atoms with van der Waals surface area (Å²) >= 11 is 12.1. The third kappa shape index (κ3) is 17.1. The van der Waals surface area contributed by atoms with Crippen molar-refractivity contribution in [2.75, 3.05) is 77.7 Å². The van der Waals surface area contributed by atoms with E-state index < -0.39 is 96.8 Å². The van der Waals surface area contributed by atoms with Crippen molar-refractivity contribution in [3.05, 3.63) is 81.1 Å². The number of ether oxygens (including phenoxy) is 1. The normalized spacial score (nSPS) is 13.2. The lowest BCUT2D eigenvalue weighted by atomic mass is 9.89. The van der Waals surface area contributed by atoms with E-state index in [4.69, 9.17) is 43.5 Å². The molecule has 0 aromatic heterocycles. The number of nitrogen functional groups attached to an aromatic ring is 1. The number of carboxylic acid groups (broad SMARTS) is 1. The highest BCUT2D eigenvalue weighted by atomic mass is 35.5. The first-order valence-corrected chi connectivity index (χ1v) is 29.9. The standard InChI is InChI=1S/C33H25Cl2N3O15S3.3C6H15N/c34-21-12-16(54(43,44)45)13-22(35)28(21)53-33(42)14-7-9-38(10-8-14)31(39)15-1-2-17(20(11-15)32(40)41)25-18-3-5-23(36)29(55(46,47)48)26(18)52-27-19(25)4-6-24(37)30(27)56(49,50)51;3*1-4-7(5-2)6-3/h1-6,11-14,36H,7-10,37H2,(H,40,41)(H,43,44,45)(H,46,47,48)(H,49,50,51);3*4-6H2,1-3H3. The number of nitrogens with one attached hydrogen (secondary N) is 1. The van der Waals surface area contributed by atoms with Crippen molar-refractivity contribution < 1.29 is 67.6 Å². The van der Waals surface area contributed by atoms with E-state index >= 15 is 0 Å². The monoisotopic (exact) mass is 1170 g/mol. The second kappa shape index (κ2) is 29.1. The molecule has 426 valence electrons. The zero-order chi connectivity index (χ0) is 58.3. The predicted octanol–water partition coefficient (Wildman–Crippen LogP) is 8.51. The topological polar surface area (TPSA) is 320 Å². The van der Waals surface area contributed by atoms with Gasteiger partial charge in [0.15, 0.2) is 26.9 Å². The van der Waals surface area contributed by atoms with Crippen molar-refractivity contribution in [3.8, 4) is 28.2 Å². The maximum Gasteiger partial charge on any atom is 0.336 e. The number of carbonyl (C=O) groups is 3. The number of hydrogen-bond acceptors (Lipinski definition) is 16. The fraction of sp³-hybridized carbons (Fsp3) is 0.451. The van der Waals surface area contributed by atoms with Gasteiger partial charge in [0.1, 0.15) is 0 Å². The Morgan fingerprint density at radius 3 is 1.53 bits per heavy atom. The first kappa shape index (κ1) is 66.0. The van der Waals surface area contributed by atoms with Gasteiger partial charge in [-0.3, -0.25) is 28.7 Å². The van der Waals surface area contributed by atoms with Crippen LogP contribution in [0.15, 0.2) is 73.7 Å². The Hall–Kier alpha value is -5.25. The number of aromatic carboxylic acids is 1. The number of benzene rings is 4. The second-order valence-corrected chi connectivity index (χ2v) is 22.2. The van der Waals surface area contributed by atoms with Crippen LogP contribution in [-0.2, 0) is 35.1 Å². The highest BCUT2D eigenvalue weighted by Gasteiger charge is 2.34. The minimum atomic E-state index is -5.24. The van der Waals surface area contributed by atoms with Crippen LogP contribution in [-0.4, -0.2) is 153 Å². The molecule has 77 heavy (non-hydrogen) atoms. The average molecular weight is 1170 g/mol. The maximum absolute atomic E-state index is 13.7. The van der Waals surface area contributed by atoms with Crippen molar-refractivity contribution in [2.45, 2.75) is 89.8 Å².